The average molecular weight is 859 g/mol. The fourth-order valence-electron chi connectivity index (χ4n) is 10.4. The van der Waals surface area contributed by atoms with E-state index in [1.165, 1.54) is 12.1 Å². The molecule has 0 spiro atoms. The van der Waals surface area contributed by atoms with Crippen molar-refractivity contribution in [3.05, 3.63) is 193 Å². The number of furan rings is 2. The Hall–Kier alpha value is -9.05. The highest BCUT2D eigenvalue weighted by molar-refractivity contribution is 6.23. The summed E-state index contributed by atoms with van der Waals surface area (Å²) in [5.41, 5.74) is 3.74. The summed E-state index contributed by atoms with van der Waals surface area (Å²) < 4.78 is 68.8. The zero-order valence-corrected chi connectivity index (χ0v) is 34.5. The third kappa shape index (κ3) is 5.11. The Balaban J connectivity index is 1.34. The summed E-state index contributed by atoms with van der Waals surface area (Å²) in [6, 6.07) is 57.6. The Morgan fingerprint density at radius 2 is 0.788 bits per heavy atom. The maximum Gasteiger partial charge on any atom is 0.417 e. The molecule has 0 aliphatic heterocycles. The predicted octanol–water partition coefficient (Wildman–Crippen LogP) is 15.8. The Bertz CT molecular complexity index is 4050. The molecule has 0 unspecified atom stereocenters. The molecule has 9 aromatic carbocycles. The summed E-state index contributed by atoms with van der Waals surface area (Å²) >= 11 is 0. The highest BCUT2D eigenvalue weighted by Gasteiger charge is 2.42. The van der Waals surface area contributed by atoms with Gasteiger partial charge in [0, 0.05) is 65.3 Å². The number of alkyl halides is 3. The van der Waals surface area contributed by atoms with E-state index in [0.717, 1.165) is 43.1 Å². The number of fused-ring (bicyclic) bond motifs is 14. The van der Waals surface area contributed by atoms with E-state index in [9.17, 15) is 10.5 Å². The van der Waals surface area contributed by atoms with Gasteiger partial charge < -0.3 is 18.0 Å². The van der Waals surface area contributed by atoms with Gasteiger partial charge in [-0.1, -0.05) is 121 Å². The summed E-state index contributed by atoms with van der Waals surface area (Å²) in [5.74, 6) is 0. The molecule has 4 heterocycles. The first-order chi connectivity index (χ1) is 32.3. The smallest absolute Gasteiger partial charge is 0.417 e. The minimum atomic E-state index is -5.07. The van der Waals surface area contributed by atoms with Crippen LogP contribution in [-0.4, -0.2) is 9.13 Å². The molecule has 0 aliphatic carbocycles. The molecule has 6 nitrogen and oxygen atoms in total. The highest BCUT2D eigenvalue weighted by Crippen LogP contribution is 2.53. The second kappa shape index (κ2) is 13.7. The van der Waals surface area contributed by atoms with Crippen molar-refractivity contribution in [3.63, 3.8) is 0 Å². The van der Waals surface area contributed by atoms with Gasteiger partial charge >= 0.3 is 6.18 Å². The third-order valence-corrected chi connectivity index (χ3v) is 13.0. The molecule has 13 rings (SSSR count). The second-order valence-electron chi connectivity index (χ2n) is 16.4. The van der Waals surface area contributed by atoms with Crippen LogP contribution in [0.5, 0.6) is 0 Å². The molecule has 0 saturated carbocycles. The number of nitrogens with zero attached hydrogens (tertiary/aromatic N) is 4. The van der Waals surface area contributed by atoms with Gasteiger partial charge in [-0.05, 0) is 54.6 Å². The third-order valence-electron chi connectivity index (χ3n) is 13.0. The summed E-state index contributed by atoms with van der Waals surface area (Å²) in [7, 11) is 0. The molecular weight excluding hydrogens is 830 g/mol. The normalized spacial score (nSPS) is 12.1. The van der Waals surface area contributed by atoms with Crippen LogP contribution in [0.4, 0.5) is 13.2 Å². The lowest BCUT2D eigenvalue weighted by molar-refractivity contribution is -0.136. The lowest BCUT2D eigenvalue weighted by atomic mass is 9.85. The van der Waals surface area contributed by atoms with Crippen LogP contribution in [0.2, 0.25) is 0 Å². The van der Waals surface area contributed by atoms with Crippen molar-refractivity contribution in [2.75, 3.05) is 0 Å². The van der Waals surface area contributed by atoms with Crippen molar-refractivity contribution in [1.82, 2.24) is 9.13 Å². The van der Waals surface area contributed by atoms with Crippen molar-refractivity contribution >= 4 is 87.5 Å². The van der Waals surface area contributed by atoms with Gasteiger partial charge in [0.1, 0.15) is 11.2 Å². The molecule has 9 heteroatoms. The van der Waals surface area contributed by atoms with Crippen LogP contribution >= 0.6 is 0 Å². The number of para-hydroxylation sites is 4. The van der Waals surface area contributed by atoms with Crippen molar-refractivity contribution in [2.24, 2.45) is 0 Å². The minimum Gasteiger partial charge on any atom is -0.454 e. The van der Waals surface area contributed by atoms with E-state index in [2.05, 4.69) is 12.1 Å². The van der Waals surface area contributed by atoms with Crippen molar-refractivity contribution in [3.8, 4) is 45.8 Å². The molecule has 13 aromatic rings. The maximum atomic E-state index is 17.2. The van der Waals surface area contributed by atoms with Crippen LogP contribution in [0.3, 0.4) is 0 Å². The van der Waals surface area contributed by atoms with Crippen LogP contribution in [0.25, 0.3) is 121 Å². The number of rotatable bonds is 4. The highest BCUT2D eigenvalue weighted by atomic mass is 19.4. The number of benzene rings is 9. The van der Waals surface area contributed by atoms with E-state index in [-0.39, 0.29) is 44.8 Å². The van der Waals surface area contributed by atoms with E-state index in [1.54, 1.807) is 42.5 Å². The Morgan fingerprint density at radius 3 is 1.23 bits per heavy atom. The van der Waals surface area contributed by atoms with Gasteiger partial charge in [-0.2, -0.15) is 23.7 Å². The fraction of sp³-hybridized carbons (Fsp3) is 0.0175. The zero-order chi connectivity index (χ0) is 44.4. The summed E-state index contributed by atoms with van der Waals surface area (Å²) in [6.07, 6.45) is -5.07. The molecule has 0 atom stereocenters. The van der Waals surface area contributed by atoms with Gasteiger partial charge in [0.25, 0.3) is 0 Å². The molecule has 66 heavy (non-hydrogen) atoms. The largest absolute Gasteiger partial charge is 0.454 e. The lowest BCUT2D eigenvalue weighted by Crippen LogP contribution is -2.16. The lowest BCUT2D eigenvalue weighted by Gasteiger charge is -2.27. The van der Waals surface area contributed by atoms with Crippen molar-refractivity contribution in [2.45, 2.75) is 6.18 Å². The zero-order valence-electron chi connectivity index (χ0n) is 34.5. The van der Waals surface area contributed by atoms with E-state index < -0.39 is 11.7 Å². The van der Waals surface area contributed by atoms with Crippen molar-refractivity contribution in [1.29, 1.82) is 10.5 Å². The molecule has 4 aromatic heterocycles. The number of hydrogen-bond acceptors (Lipinski definition) is 4. The molecule has 0 fully saturated rings. The van der Waals surface area contributed by atoms with Gasteiger partial charge in [0.15, 0.2) is 11.2 Å². The number of hydrogen-bond donors (Lipinski definition) is 0. The molecule has 0 bridgehead atoms. The van der Waals surface area contributed by atoms with Gasteiger partial charge in [0.2, 0.25) is 0 Å². The van der Waals surface area contributed by atoms with Gasteiger partial charge in [0.05, 0.1) is 62.3 Å². The van der Waals surface area contributed by atoms with E-state index in [0.29, 0.717) is 44.4 Å². The molecule has 0 amide bonds. The predicted molar refractivity (Wildman–Crippen MR) is 255 cm³/mol. The fourth-order valence-corrected chi connectivity index (χ4v) is 10.4. The number of nitriles is 2. The first-order valence-electron chi connectivity index (χ1n) is 21.3. The summed E-state index contributed by atoms with van der Waals surface area (Å²) in [4.78, 5) is 0. The van der Waals surface area contributed by atoms with Gasteiger partial charge in [-0.3, -0.25) is 0 Å². The summed E-state index contributed by atoms with van der Waals surface area (Å²) in [5, 5.41) is 27.9. The van der Waals surface area contributed by atoms with Gasteiger partial charge in [-0.15, -0.1) is 0 Å². The first kappa shape index (κ1) is 37.5. The van der Waals surface area contributed by atoms with E-state index >= 15 is 13.2 Å². The molecule has 0 N–H and O–H groups in total. The maximum absolute atomic E-state index is 17.2. The summed E-state index contributed by atoms with van der Waals surface area (Å²) in [6.45, 7) is 0. The van der Waals surface area contributed by atoms with Crippen LogP contribution in [0.1, 0.15) is 16.7 Å². The SMILES string of the molecule is N#Cc1ccccc1-c1c(-n2c3ccccc3c3ccc4c5ccccc5oc4c32)cc(-n2c3ccccc3c3ccc4c5ccccc5oc4c32)c(-c2ccccc2C#N)c1C(F)(F)F. The molecule has 310 valence electrons. The monoisotopic (exact) mass is 858 g/mol. The topological polar surface area (TPSA) is 83.7 Å². The second-order valence-corrected chi connectivity index (χ2v) is 16.4. The van der Waals surface area contributed by atoms with Crippen molar-refractivity contribution < 1.29 is 22.0 Å². The quantitative estimate of drug-likeness (QED) is 0.176. The van der Waals surface area contributed by atoms with E-state index in [1.807, 2.05) is 130 Å². The van der Waals surface area contributed by atoms with Crippen LogP contribution < -0.4 is 0 Å². The standard InChI is InChI=1S/C57H29F3N4O2/c58-57(59,60)52-50(34-15-3-1-13-32(34)30-61)46(63-44-21-9-5-17-36(44)40-25-27-42-38-19-7-11-23-48(38)65-55(42)53(40)63)29-47(51(52)35-16-4-2-14-33(35)31-62)64-45-22-10-6-18-37(45)41-26-28-43-39-20-8-12-24-49(39)66-56(43)54(41)64/h1-29H. The Labute approximate surface area is 372 Å². The Kier molecular flexibility index (Phi) is 7.80. The average Bonchev–Trinajstić information content (AvgIpc) is 4.11. The van der Waals surface area contributed by atoms with Crippen LogP contribution in [0, 0.1) is 22.7 Å². The Morgan fingerprint density at radius 1 is 0.409 bits per heavy atom. The van der Waals surface area contributed by atoms with Crippen LogP contribution in [-0.2, 0) is 6.18 Å². The minimum absolute atomic E-state index is 0.0482. The molecule has 0 radical (unpaired) electrons. The van der Waals surface area contributed by atoms with Gasteiger partial charge in [-0.25, -0.2) is 0 Å². The number of aromatic nitrogens is 2. The first-order valence-corrected chi connectivity index (χ1v) is 21.3. The van der Waals surface area contributed by atoms with Crippen LogP contribution in [0.15, 0.2) is 185 Å². The number of halogens is 3. The molecule has 0 saturated heterocycles. The van der Waals surface area contributed by atoms with E-state index in [4.69, 9.17) is 8.83 Å². The molecular formula is C57H29F3N4O2. The molecule has 0 aliphatic rings.